The quantitative estimate of drug-likeness (QED) is 0.776. The van der Waals surface area contributed by atoms with E-state index in [4.69, 9.17) is 4.42 Å². The van der Waals surface area contributed by atoms with Gasteiger partial charge in [0.1, 0.15) is 0 Å². The summed E-state index contributed by atoms with van der Waals surface area (Å²) in [5, 5.41) is 11.3. The summed E-state index contributed by atoms with van der Waals surface area (Å²) in [4.78, 5) is 0. The molecule has 2 aromatic rings. The van der Waals surface area contributed by atoms with E-state index in [0.29, 0.717) is 18.3 Å². The summed E-state index contributed by atoms with van der Waals surface area (Å²) >= 11 is 0. The van der Waals surface area contributed by atoms with Crippen molar-refractivity contribution in [2.45, 2.75) is 26.3 Å². The molecule has 0 spiro atoms. The van der Waals surface area contributed by atoms with E-state index in [1.807, 2.05) is 30.3 Å². The van der Waals surface area contributed by atoms with Crippen molar-refractivity contribution in [3.05, 3.63) is 36.2 Å². The van der Waals surface area contributed by atoms with Gasteiger partial charge in [-0.15, -0.1) is 10.2 Å². The first-order valence-corrected chi connectivity index (χ1v) is 5.98. The standard InChI is InChI=1S/C13H17N3O/c1-2-3-9-14-10-12-15-16-13(17-12)11-7-5-4-6-8-11/h4-8,14H,2-3,9-10H2,1H3. The molecule has 0 aliphatic rings. The first kappa shape index (κ1) is 11.8. The van der Waals surface area contributed by atoms with Crippen LogP contribution in [0.5, 0.6) is 0 Å². The second-order valence-electron chi connectivity index (χ2n) is 3.90. The molecule has 0 radical (unpaired) electrons. The lowest BCUT2D eigenvalue weighted by Gasteiger charge is -1.98. The van der Waals surface area contributed by atoms with Gasteiger partial charge >= 0.3 is 0 Å². The summed E-state index contributed by atoms with van der Waals surface area (Å²) in [5.41, 5.74) is 0.958. The zero-order valence-corrected chi connectivity index (χ0v) is 10.0. The molecule has 0 bridgehead atoms. The highest BCUT2D eigenvalue weighted by Gasteiger charge is 2.06. The highest BCUT2D eigenvalue weighted by Crippen LogP contribution is 2.16. The van der Waals surface area contributed by atoms with Crippen LogP contribution in [-0.2, 0) is 6.54 Å². The minimum atomic E-state index is 0.581. The van der Waals surface area contributed by atoms with E-state index in [2.05, 4.69) is 22.4 Å². The maximum atomic E-state index is 5.57. The molecule has 0 amide bonds. The normalized spacial score (nSPS) is 10.6. The van der Waals surface area contributed by atoms with Crippen LogP contribution in [0, 0.1) is 0 Å². The van der Waals surface area contributed by atoms with Crippen molar-refractivity contribution in [2.24, 2.45) is 0 Å². The van der Waals surface area contributed by atoms with Crippen LogP contribution < -0.4 is 5.32 Å². The van der Waals surface area contributed by atoms with E-state index in [1.54, 1.807) is 0 Å². The third-order valence-corrected chi connectivity index (χ3v) is 2.47. The molecule has 0 saturated heterocycles. The van der Waals surface area contributed by atoms with Crippen LogP contribution in [0.1, 0.15) is 25.7 Å². The highest BCUT2D eigenvalue weighted by atomic mass is 16.4. The van der Waals surface area contributed by atoms with E-state index in [1.165, 1.54) is 12.8 Å². The molecule has 1 aromatic heterocycles. The van der Waals surface area contributed by atoms with Gasteiger partial charge in [0.15, 0.2) is 0 Å². The Kier molecular flexibility index (Phi) is 4.27. The molecular weight excluding hydrogens is 214 g/mol. The molecule has 90 valence electrons. The number of benzene rings is 1. The molecule has 0 fully saturated rings. The minimum absolute atomic E-state index is 0.581. The van der Waals surface area contributed by atoms with Gasteiger partial charge < -0.3 is 9.73 Å². The van der Waals surface area contributed by atoms with Crippen LogP contribution in [0.3, 0.4) is 0 Å². The average molecular weight is 231 g/mol. The maximum absolute atomic E-state index is 5.57. The molecule has 0 unspecified atom stereocenters. The second-order valence-corrected chi connectivity index (χ2v) is 3.90. The Hall–Kier alpha value is -1.68. The van der Waals surface area contributed by atoms with Gasteiger partial charge in [0.25, 0.3) is 0 Å². The molecule has 1 aromatic carbocycles. The van der Waals surface area contributed by atoms with Crippen molar-refractivity contribution >= 4 is 0 Å². The van der Waals surface area contributed by atoms with Gasteiger partial charge in [-0.25, -0.2) is 0 Å². The molecule has 0 saturated carbocycles. The Morgan fingerprint density at radius 1 is 1.18 bits per heavy atom. The van der Waals surface area contributed by atoms with Gasteiger partial charge in [0, 0.05) is 5.56 Å². The largest absolute Gasteiger partial charge is 0.419 e. The van der Waals surface area contributed by atoms with Gasteiger partial charge in [0.2, 0.25) is 11.8 Å². The number of hydrogen-bond acceptors (Lipinski definition) is 4. The Morgan fingerprint density at radius 3 is 2.76 bits per heavy atom. The second kappa shape index (κ2) is 6.15. The van der Waals surface area contributed by atoms with Crippen LogP contribution >= 0.6 is 0 Å². The molecule has 4 nitrogen and oxygen atoms in total. The van der Waals surface area contributed by atoms with Crippen molar-refractivity contribution < 1.29 is 4.42 Å². The number of unbranched alkanes of at least 4 members (excludes halogenated alkanes) is 1. The first-order valence-electron chi connectivity index (χ1n) is 5.98. The van der Waals surface area contributed by atoms with E-state index < -0.39 is 0 Å². The highest BCUT2D eigenvalue weighted by molar-refractivity contribution is 5.51. The van der Waals surface area contributed by atoms with Gasteiger partial charge in [-0.3, -0.25) is 0 Å². The average Bonchev–Trinajstić information content (AvgIpc) is 2.85. The lowest BCUT2D eigenvalue weighted by molar-refractivity contribution is 0.475. The molecule has 1 N–H and O–H groups in total. The first-order chi connectivity index (χ1) is 8.40. The lowest BCUT2D eigenvalue weighted by Crippen LogP contribution is -2.14. The van der Waals surface area contributed by atoms with Gasteiger partial charge in [0.05, 0.1) is 6.54 Å². The SMILES string of the molecule is CCCCNCc1nnc(-c2ccccc2)o1. The smallest absolute Gasteiger partial charge is 0.247 e. The number of aromatic nitrogens is 2. The monoisotopic (exact) mass is 231 g/mol. The van der Waals surface area contributed by atoms with Crippen molar-refractivity contribution in [3.8, 4) is 11.5 Å². The van der Waals surface area contributed by atoms with E-state index >= 15 is 0 Å². The summed E-state index contributed by atoms with van der Waals surface area (Å²) < 4.78 is 5.57. The Morgan fingerprint density at radius 2 is 2.00 bits per heavy atom. The molecule has 4 heteroatoms. The zero-order valence-electron chi connectivity index (χ0n) is 10.0. The predicted octanol–water partition coefficient (Wildman–Crippen LogP) is 2.63. The molecule has 0 aliphatic heterocycles. The van der Waals surface area contributed by atoms with Gasteiger partial charge in [-0.05, 0) is 25.1 Å². The van der Waals surface area contributed by atoms with Crippen LogP contribution in [0.4, 0.5) is 0 Å². The Bertz CT molecular complexity index is 439. The third kappa shape index (κ3) is 3.39. The van der Waals surface area contributed by atoms with Crippen molar-refractivity contribution in [1.29, 1.82) is 0 Å². The topological polar surface area (TPSA) is 51.0 Å². The molecule has 17 heavy (non-hydrogen) atoms. The van der Waals surface area contributed by atoms with E-state index in [0.717, 1.165) is 12.1 Å². The summed E-state index contributed by atoms with van der Waals surface area (Å²) in [6.45, 7) is 3.79. The van der Waals surface area contributed by atoms with Crippen LogP contribution in [-0.4, -0.2) is 16.7 Å². The summed E-state index contributed by atoms with van der Waals surface area (Å²) in [5.74, 6) is 1.22. The number of rotatable bonds is 6. The van der Waals surface area contributed by atoms with Crippen LogP contribution in [0.2, 0.25) is 0 Å². The van der Waals surface area contributed by atoms with E-state index in [9.17, 15) is 0 Å². The number of nitrogens with one attached hydrogen (secondary N) is 1. The zero-order chi connectivity index (χ0) is 11.9. The number of nitrogens with zero attached hydrogens (tertiary/aromatic N) is 2. The van der Waals surface area contributed by atoms with Gasteiger partial charge in [-0.1, -0.05) is 31.5 Å². The van der Waals surface area contributed by atoms with Crippen molar-refractivity contribution in [1.82, 2.24) is 15.5 Å². The Balaban J connectivity index is 1.92. The van der Waals surface area contributed by atoms with Crippen molar-refractivity contribution in [2.75, 3.05) is 6.54 Å². The molecule has 2 rings (SSSR count). The maximum Gasteiger partial charge on any atom is 0.247 e. The molecule has 0 atom stereocenters. The van der Waals surface area contributed by atoms with Crippen LogP contribution in [0.15, 0.2) is 34.7 Å². The Labute approximate surface area is 101 Å². The fourth-order valence-corrected chi connectivity index (χ4v) is 1.52. The third-order valence-electron chi connectivity index (χ3n) is 2.47. The number of hydrogen-bond donors (Lipinski definition) is 1. The predicted molar refractivity (Wildman–Crippen MR) is 66.3 cm³/mol. The molecular formula is C13H17N3O. The summed E-state index contributed by atoms with van der Waals surface area (Å²) in [6, 6.07) is 9.80. The van der Waals surface area contributed by atoms with Crippen molar-refractivity contribution in [3.63, 3.8) is 0 Å². The summed E-state index contributed by atoms with van der Waals surface area (Å²) in [6.07, 6.45) is 2.35. The fourth-order valence-electron chi connectivity index (χ4n) is 1.52. The van der Waals surface area contributed by atoms with Gasteiger partial charge in [-0.2, -0.15) is 0 Å². The lowest BCUT2D eigenvalue weighted by atomic mass is 10.2. The molecule has 0 aliphatic carbocycles. The summed E-state index contributed by atoms with van der Waals surface area (Å²) in [7, 11) is 0. The van der Waals surface area contributed by atoms with Crippen LogP contribution in [0.25, 0.3) is 11.5 Å². The van der Waals surface area contributed by atoms with E-state index in [-0.39, 0.29) is 0 Å². The fraction of sp³-hybridized carbons (Fsp3) is 0.385. The molecule has 1 heterocycles. The minimum Gasteiger partial charge on any atom is -0.419 e.